The Labute approximate surface area is 189 Å². The van der Waals surface area contributed by atoms with E-state index in [-0.39, 0.29) is 17.0 Å². The van der Waals surface area contributed by atoms with Crippen LogP contribution < -0.4 is 9.64 Å². The maximum Gasteiger partial charge on any atom is 0.300 e. The summed E-state index contributed by atoms with van der Waals surface area (Å²) in [6.45, 7) is 1.90. The van der Waals surface area contributed by atoms with Crippen LogP contribution in [0.2, 0.25) is 0 Å². The van der Waals surface area contributed by atoms with Gasteiger partial charge in [-0.1, -0.05) is 17.7 Å². The molecule has 0 unspecified atom stereocenters. The third kappa shape index (κ3) is 3.94. The van der Waals surface area contributed by atoms with Gasteiger partial charge >= 0.3 is 0 Å². The van der Waals surface area contributed by atoms with Gasteiger partial charge in [0.15, 0.2) is 0 Å². The maximum atomic E-state index is 13.1. The van der Waals surface area contributed by atoms with Crippen LogP contribution in [0.4, 0.5) is 11.4 Å². The number of Topliss-reactive ketones (excluding diaryl/α,β-unsaturated/α-hetero) is 1. The molecule has 1 saturated heterocycles. The number of aryl methyl sites for hydroxylation is 1. The molecule has 0 bridgehead atoms. The number of amides is 1. The number of nitro benzene ring substituents is 1. The molecule has 3 aromatic rings. The molecule has 0 saturated carbocycles. The zero-order valence-corrected chi connectivity index (χ0v) is 17.9. The van der Waals surface area contributed by atoms with E-state index in [9.17, 15) is 24.8 Å². The summed E-state index contributed by atoms with van der Waals surface area (Å²) in [5.41, 5.74) is 2.01. The van der Waals surface area contributed by atoms with Crippen molar-refractivity contribution in [2.24, 2.45) is 0 Å². The number of rotatable bonds is 5. The van der Waals surface area contributed by atoms with Gasteiger partial charge in [-0.05, 0) is 61.0 Å². The summed E-state index contributed by atoms with van der Waals surface area (Å²) in [5.74, 6) is -1.41. The lowest BCUT2D eigenvalue weighted by Crippen LogP contribution is -2.29. The van der Waals surface area contributed by atoms with Gasteiger partial charge in [0, 0.05) is 23.4 Å². The number of non-ortho nitro benzene ring substituents is 1. The van der Waals surface area contributed by atoms with E-state index in [0.29, 0.717) is 22.6 Å². The van der Waals surface area contributed by atoms with Crippen LogP contribution in [0.3, 0.4) is 0 Å². The van der Waals surface area contributed by atoms with E-state index in [1.807, 2.05) is 19.1 Å². The Morgan fingerprint density at radius 1 is 0.970 bits per heavy atom. The number of aliphatic hydroxyl groups is 1. The molecule has 33 heavy (non-hydrogen) atoms. The maximum absolute atomic E-state index is 13.1. The first-order chi connectivity index (χ1) is 15.8. The van der Waals surface area contributed by atoms with Crippen LogP contribution in [0.25, 0.3) is 5.76 Å². The van der Waals surface area contributed by atoms with E-state index >= 15 is 0 Å². The fourth-order valence-corrected chi connectivity index (χ4v) is 3.80. The van der Waals surface area contributed by atoms with Gasteiger partial charge in [0.25, 0.3) is 17.4 Å². The minimum Gasteiger partial charge on any atom is -0.507 e. The summed E-state index contributed by atoms with van der Waals surface area (Å²) in [6, 6.07) is 18.1. The van der Waals surface area contributed by atoms with Gasteiger partial charge in [-0.25, -0.2) is 0 Å². The lowest BCUT2D eigenvalue weighted by molar-refractivity contribution is -0.384. The van der Waals surface area contributed by atoms with Gasteiger partial charge in [0.2, 0.25) is 0 Å². The van der Waals surface area contributed by atoms with Crippen LogP contribution in [0.15, 0.2) is 78.4 Å². The first kappa shape index (κ1) is 21.8. The number of carbonyl (C=O) groups is 2. The van der Waals surface area contributed by atoms with Crippen molar-refractivity contribution >= 4 is 28.8 Å². The second kappa shape index (κ2) is 8.58. The predicted octanol–water partition coefficient (Wildman–Crippen LogP) is 4.54. The second-order valence-electron chi connectivity index (χ2n) is 7.58. The van der Waals surface area contributed by atoms with Crippen LogP contribution in [-0.2, 0) is 9.59 Å². The molecule has 8 heteroatoms. The number of aliphatic hydroxyl groups excluding tert-OH is 1. The Kier molecular flexibility index (Phi) is 5.66. The van der Waals surface area contributed by atoms with Crippen LogP contribution in [-0.4, -0.2) is 28.8 Å². The predicted molar refractivity (Wildman–Crippen MR) is 122 cm³/mol. The lowest BCUT2D eigenvalue weighted by Gasteiger charge is -2.25. The van der Waals surface area contributed by atoms with Crippen molar-refractivity contribution in [2.45, 2.75) is 13.0 Å². The number of hydrogen-bond acceptors (Lipinski definition) is 6. The molecule has 1 atom stereocenters. The Bertz CT molecular complexity index is 1260. The summed E-state index contributed by atoms with van der Waals surface area (Å²) in [6.07, 6.45) is 0. The highest BCUT2D eigenvalue weighted by Crippen LogP contribution is 2.42. The van der Waals surface area contributed by atoms with Gasteiger partial charge in [-0.3, -0.25) is 24.6 Å². The van der Waals surface area contributed by atoms with Gasteiger partial charge in [-0.2, -0.15) is 0 Å². The number of benzene rings is 3. The minimum atomic E-state index is -0.962. The number of ether oxygens (including phenoxy) is 1. The molecule has 0 spiro atoms. The minimum absolute atomic E-state index is 0.0976. The van der Waals surface area contributed by atoms with E-state index in [0.717, 1.165) is 5.56 Å². The fraction of sp³-hybridized carbons (Fsp3) is 0.120. The van der Waals surface area contributed by atoms with Crippen molar-refractivity contribution in [2.75, 3.05) is 12.0 Å². The topological polar surface area (TPSA) is 110 Å². The number of nitrogens with zero attached hydrogens (tertiary/aromatic N) is 2. The number of anilines is 1. The molecule has 1 heterocycles. The Morgan fingerprint density at radius 3 is 2.12 bits per heavy atom. The van der Waals surface area contributed by atoms with Crippen molar-refractivity contribution in [3.8, 4) is 5.75 Å². The average Bonchev–Trinajstić information content (AvgIpc) is 3.09. The van der Waals surface area contributed by atoms with Crippen LogP contribution >= 0.6 is 0 Å². The Balaban J connectivity index is 1.91. The second-order valence-corrected chi connectivity index (χ2v) is 7.58. The molecule has 4 rings (SSSR count). The molecule has 3 aromatic carbocycles. The summed E-state index contributed by atoms with van der Waals surface area (Å²) in [4.78, 5) is 38.1. The van der Waals surface area contributed by atoms with E-state index in [2.05, 4.69) is 0 Å². The standard InChI is InChI=1S/C25H20N2O6/c1-15-3-9-18(10-4-15)26-22(16-5-11-19(12-6-16)27(31)32)21(24(29)25(26)30)23(28)17-7-13-20(33-2)14-8-17/h3-14,22,28H,1-2H3/t22-/m0/s1. The highest BCUT2D eigenvalue weighted by atomic mass is 16.6. The lowest BCUT2D eigenvalue weighted by atomic mass is 9.95. The Morgan fingerprint density at radius 2 is 1.58 bits per heavy atom. The molecule has 1 amide bonds. The number of hydrogen-bond donors (Lipinski definition) is 1. The molecular weight excluding hydrogens is 424 g/mol. The van der Waals surface area contributed by atoms with E-state index in [1.165, 1.54) is 36.3 Å². The van der Waals surface area contributed by atoms with E-state index < -0.39 is 22.7 Å². The van der Waals surface area contributed by atoms with E-state index in [1.54, 1.807) is 36.4 Å². The highest BCUT2D eigenvalue weighted by Gasteiger charge is 2.47. The smallest absolute Gasteiger partial charge is 0.300 e. The molecule has 0 aromatic heterocycles. The third-order valence-corrected chi connectivity index (χ3v) is 5.54. The highest BCUT2D eigenvalue weighted by molar-refractivity contribution is 6.51. The summed E-state index contributed by atoms with van der Waals surface area (Å²) in [5, 5.41) is 22.2. The zero-order chi connectivity index (χ0) is 23.7. The largest absolute Gasteiger partial charge is 0.507 e. The molecule has 166 valence electrons. The first-order valence-corrected chi connectivity index (χ1v) is 10.1. The number of ketones is 1. The van der Waals surface area contributed by atoms with Crippen LogP contribution in [0, 0.1) is 17.0 Å². The van der Waals surface area contributed by atoms with Crippen molar-refractivity contribution in [3.63, 3.8) is 0 Å². The number of nitro groups is 1. The normalized spacial score (nSPS) is 17.3. The summed E-state index contributed by atoms with van der Waals surface area (Å²) in [7, 11) is 1.51. The molecule has 0 aliphatic carbocycles. The average molecular weight is 444 g/mol. The van der Waals surface area contributed by atoms with Crippen LogP contribution in [0.5, 0.6) is 5.75 Å². The van der Waals surface area contributed by atoms with Gasteiger partial charge in [-0.15, -0.1) is 0 Å². The SMILES string of the molecule is COc1ccc(C(O)=C2C(=O)C(=O)N(c3ccc(C)cc3)[C@H]2c2ccc([N+](=O)[O-])cc2)cc1. The Hall–Kier alpha value is -4.46. The van der Waals surface area contributed by atoms with Gasteiger partial charge < -0.3 is 9.84 Å². The molecule has 1 aliphatic heterocycles. The molecule has 1 aliphatic rings. The monoisotopic (exact) mass is 444 g/mol. The zero-order valence-electron chi connectivity index (χ0n) is 17.9. The van der Waals surface area contributed by atoms with Gasteiger partial charge in [0.05, 0.1) is 23.6 Å². The van der Waals surface area contributed by atoms with Crippen molar-refractivity contribution < 1.29 is 24.4 Å². The van der Waals surface area contributed by atoms with Gasteiger partial charge in [0.1, 0.15) is 11.5 Å². The van der Waals surface area contributed by atoms with Crippen molar-refractivity contribution in [1.29, 1.82) is 0 Å². The fourth-order valence-electron chi connectivity index (χ4n) is 3.80. The molecular formula is C25H20N2O6. The number of methoxy groups -OCH3 is 1. The molecule has 1 fully saturated rings. The first-order valence-electron chi connectivity index (χ1n) is 10.1. The molecule has 1 N–H and O–H groups in total. The van der Waals surface area contributed by atoms with E-state index in [4.69, 9.17) is 4.74 Å². The summed E-state index contributed by atoms with van der Waals surface area (Å²) >= 11 is 0. The number of carbonyl (C=O) groups excluding carboxylic acids is 2. The molecule has 8 nitrogen and oxygen atoms in total. The third-order valence-electron chi connectivity index (χ3n) is 5.54. The van der Waals surface area contributed by atoms with Crippen molar-refractivity contribution in [1.82, 2.24) is 0 Å². The van der Waals surface area contributed by atoms with Crippen molar-refractivity contribution in [3.05, 3.63) is 105 Å². The quantitative estimate of drug-likeness (QED) is 0.203. The summed E-state index contributed by atoms with van der Waals surface area (Å²) < 4.78 is 5.14. The van der Waals surface area contributed by atoms with Crippen LogP contribution in [0.1, 0.15) is 22.7 Å². The molecule has 0 radical (unpaired) electrons.